The van der Waals surface area contributed by atoms with Crippen molar-refractivity contribution < 1.29 is 53.9 Å². The Kier molecular flexibility index (Phi) is 19.1. The van der Waals surface area contributed by atoms with E-state index >= 15 is 0 Å². The smallest absolute Gasteiger partial charge is 0.430 e. The molecule has 0 aliphatic carbocycles. The fourth-order valence-electron chi connectivity index (χ4n) is 8.56. The third-order valence-corrected chi connectivity index (χ3v) is 14.7. The summed E-state index contributed by atoms with van der Waals surface area (Å²) in [7, 11) is 0. The number of nitrogens with two attached hydrogens (primary N) is 2. The molecule has 2 aliphatic rings. The predicted octanol–water partition coefficient (Wildman–Crippen LogP) is 12.8. The second-order valence-corrected chi connectivity index (χ2v) is 21.0. The molecule has 0 amide bonds. The van der Waals surface area contributed by atoms with Gasteiger partial charge in [0.05, 0.1) is 23.8 Å². The summed E-state index contributed by atoms with van der Waals surface area (Å²) in [5.41, 5.74) is 21.6. The van der Waals surface area contributed by atoms with E-state index in [0.717, 1.165) is 52.4 Å². The van der Waals surface area contributed by atoms with Gasteiger partial charge >= 0.3 is 24.5 Å². The highest BCUT2D eigenvalue weighted by atomic mass is 32.2. The van der Waals surface area contributed by atoms with Gasteiger partial charge in [0.2, 0.25) is 0 Å². The quantitative estimate of drug-likeness (QED) is 0.0233. The van der Waals surface area contributed by atoms with E-state index in [-0.39, 0.29) is 41.0 Å². The Morgan fingerprint density at radius 1 is 0.707 bits per heavy atom. The summed E-state index contributed by atoms with van der Waals surface area (Å²) in [5.74, 6) is 0.989. The van der Waals surface area contributed by atoms with Crippen LogP contribution in [0.15, 0.2) is 175 Å². The van der Waals surface area contributed by atoms with Gasteiger partial charge in [0.1, 0.15) is 41.9 Å². The van der Waals surface area contributed by atoms with Crippen molar-refractivity contribution in [3.63, 3.8) is 0 Å². The highest BCUT2D eigenvalue weighted by molar-refractivity contribution is 8.14. The number of halogens is 8. The Morgan fingerprint density at radius 3 is 1.80 bits per heavy atom. The van der Waals surface area contributed by atoms with E-state index in [1.165, 1.54) is 48.7 Å². The number of rotatable bonds is 19. The fourth-order valence-corrected chi connectivity index (χ4v) is 10.7. The van der Waals surface area contributed by atoms with Crippen LogP contribution in [0, 0.1) is 0 Å². The van der Waals surface area contributed by atoms with Crippen molar-refractivity contribution in [1.29, 1.82) is 0 Å². The molecule has 1 fully saturated rings. The zero-order chi connectivity index (χ0) is 58.6. The number of amidine groups is 4. The Bertz CT molecular complexity index is 3440. The second kappa shape index (κ2) is 26.3. The minimum absolute atomic E-state index is 0.0118. The summed E-state index contributed by atoms with van der Waals surface area (Å²) in [5, 5.41) is 14.9. The molecule has 0 spiro atoms. The van der Waals surface area contributed by atoms with Gasteiger partial charge in [-0.1, -0.05) is 104 Å². The van der Waals surface area contributed by atoms with Gasteiger partial charge in [0.15, 0.2) is 16.6 Å². The summed E-state index contributed by atoms with van der Waals surface area (Å²) in [6.07, 6.45) is -3.45. The Morgan fingerprint density at radius 2 is 1.26 bits per heavy atom. The maximum atomic E-state index is 14.0. The zero-order valence-electron chi connectivity index (χ0n) is 44.2. The number of hydrogen-bond donors (Lipinski definition) is 3. The molecule has 2 unspecified atom stereocenters. The molecule has 6 aromatic carbocycles. The monoisotopic (exact) mass is 1170 g/mol. The van der Waals surface area contributed by atoms with Crippen LogP contribution in [0.2, 0.25) is 0 Å². The molecule has 0 aromatic heterocycles. The summed E-state index contributed by atoms with van der Waals surface area (Å²) < 4.78 is 118. The van der Waals surface area contributed by atoms with Crippen LogP contribution in [0.4, 0.5) is 57.9 Å². The SMILES string of the molecule is CC1CS/C(=N\N=C\c2ccc(C(N)=NC=Nc3ccc(OC(F)(F)F)cc3)cc2)N1c1ccccc1C(C)(C)Cc1ccc(OC(F)F)c([N+]2=C(N/N=C/c3ccc(C(N)=NC=Nc4ccc(OC(F)(F)F)cc4)cc3)SCC2C)c1. The number of para-hydroxylation sites is 1. The van der Waals surface area contributed by atoms with Crippen molar-refractivity contribution in [3.8, 4) is 17.2 Å². The number of nitrogens with one attached hydrogen (secondary N) is 1. The van der Waals surface area contributed by atoms with Gasteiger partial charge in [0, 0.05) is 34.4 Å². The number of ether oxygens (including phenoxy) is 3. The molecule has 0 saturated carbocycles. The van der Waals surface area contributed by atoms with Gasteiger partial charge < -0.3 is 30.6 Å². The molecule has 2 aliphatic heterocycles. The number of aliphatic imine (C=N–C) groups is 4. The average Bonchev–Trinajstić information content (AvgIpc) is 4.03. The van der Waals surface area contributed by atoms with Crippen LogP contribution in [0.5, 0.6) is 17.2 Å². The minimum atomic E-state index is -4.80. The first-order valence-corrected chi connectivity index (χ1v) is 27.0. The van der Waals surface area contributed by atoms with Crippen LogP contribution in [0.1, 0.15) is 61.1 Å². The number of thioether (sulfide) groups is 2. The molecule has 0 radical (unpaired) electrons. The van der Waals surface area contributed by atoms with E-state index in [4.69, 9.17) is 16.2 Å². The van der Waals surface area contributed by atoms with Gasteiger partial charge in [-0.15, -0.1) is 36.9 Å². The molecule has 82 heavy (non-hydrogen) atoms. The van der Waals surface area contributed by atoms with Crippen LogP contribution in [-0.2, 0) is 11.8 Å². The summed E-state index contributed by atoms with van der Waals surface area (Å²) in [6, 6.07) is 37.4. The molecule has 15 nitrogen and oxygen atoms in total. The van der Waals surface area contributed by atoms with Gasteiger partial charge in [0.25, 0.3) is 0 Å². The molecular formula is C57H53F8N12O3S2+. The first-order valence-electron chi connectivity index (χ1n) is 25.0. The minimum Gasteiger partial charge on any atom is -0.430 e. The molecule has 6 aromatic rings. The lowest BCUT2D eigenvalue weighted by Gasteiger charge is -2.33. The maximum absolute atomic E-state index is 14.0. The largest absolute Gasteiger partial charge is 0.573 e. The number of hydrazone groups is 1. The lowest BCUT2D eigenvalue weighted by atomic mass is 9.78. The Labute approximate surface area is 475 Å². The number of alkyl halides is 8. The number of nitrogens with zero attached hydrogens (tertiary/aromatic N) is 9. The fraction of sp³-hybridized carbons (Fsp3) is 0.228. The third-order valence-electron chi connectivity index (χ3n) is 12.3. The lowest BCUT2D eigenvalue weighted by molar-refractivity contribution is -0.470. The molecule has 2 atom stereocenters. The van der Waals surface area contributed by atoms with Crippen molar-refractivity contribution in [2.75, 3.05) is 16.4 Å². The summed E-state index contributed by atoms with van der Waals surface area (Å²) in [6.45, 7) is 5.32. The molecular weight excluding hydrogens is 1120 g/mol. The van der Waals surface area contributed by atoms with Crippen molar-refractivity contribution in [2.24, 2.45) is 46.7 Å². The number of anilines is 1. The lowest BCUT2D eigenvalue weighted by Crippen LogP contribution is -2.34. The standard InChI is InChI=1S/C57H52F8N12O3S2/c1-35-31-81-53(74-72-29-37-9-14-40(15-10-37)50(66)70-33-68-42-18-22-44(23-19-42)79-56(60,61)62)76(35)47-8-6-5-7-46(47)55(3,4)28-39-13-26-49(78-52(58)59)48(27-39)77-36(2)32-82-54(77)75-73-30-38-11-16-41(17-12-38)51(67)71-34-69-43-20-24-45(25-21-43)80-57(63,64)65/h5-27,29-30,33-36,52H,28,31-32H2,1-4H3,(H4,66,67,68,69,70,71)/p+1/b72-29+,73-30+,74-53-. The van der Waals surface area contributed by atoms with Crippen LogP contribution in [0.25, 0.3) is 0 Å². The highest BCUT2D eigenvalue weighted by Gasteiger charge is 2.37. The van der Waals surface area contributed by atoms with Crippen LogP contribution >= 0.6 is 23.5 Å². The predicted molar refractivity (Wildman–Crippen MR) is 310 cm³/mol. The molecule has 0 bridgehead atoms. The van der Waals surface area contributed by atoms with E-state index in [0.29, 0.717) is 56.3 Å². The van der Waals surface area contributed by atoms with E-state index in [1.807, 2.05) is 35.8 Å². The van der Waals surface area contributed by atoms with E-state index < -0.39 is 24.8 Å². The topological polar surface area (TPSA) is 185 Å². The maximum Gasteiger partial charge on any atom is 0.573 e. The number of benzene rings is 6. The van der Waals surface area contributed by atoms with Crippen LogP contribution in [0.3, 0.4) is 0 Å². The van der Waals surface area contributed by atoms with Crippen LogP contribution in [-0.4, -0.2) is 94.6 Å². The average molecular weight is 1170 g/mol. The van der Waals surface area contributed by atoms with E-state index in [1.54, 1.807) is 78.8 Å². The molecule has 25 heteroatoms. The second-order valence-electron chi connectivity index (χ2n) is 19.0. The molecule has 2 heterocycles. The summed E-state index contributed by atoms with van der Waals surface area (Å²) >= 11 is 3.07. The van der Waals surface area contributed by atoms with Crippen LogP contribution < -0.4 is 36.0 Å². The first kappa shape index (κ1) is 59.5. The zero-order valence-corrected chi connectivity index (χ0v) is 45.8. The number of hydrogen-bond acceptors (Lipinski definition) is 11. The molecule has 1 saturated heterocycles. The Balaban J connectivity index is 0.934. The summed E-state index contributed by atoms with van der Waals surface area (Å²) in [4.78, 5) is 18.7. The van der Waals surface area contributed by atoms with Crippen molar-refractivity contribution in [1.82, 2.24) is 5.43 Å². The molecule has 8 rings (SSSR count). The molecule has 5 N–H and O–H groups in total. The van der Waals surface area contributed by atoms with Gasteiger partial charge in [-0.2, -0.15) is 13.9 Å². The Hall–Kier alpha value is -8.58. The van der Waals surface area contributed by atoms with E-state index in [2.05, 4.69) is 88.0 Å². The molecule has 426 valence electrons. The highest BCUT2D eigenvalue weighted by Crippen LogP contribution is 2.42. The van der Waals surface area contributed by atoms with Crippen molar-refractivity contribution >= 4 is 93.4 Å². The van der Waals surface area contributed by atoms with Gasteiger partial charge in [-0.3, -0.25) is 0 Å². The van der Waals surface area contributed by atoms with Gasteiger partial charge in [-0.25, -0.2) is 24.5 Å². The van der Waals surface area contributed by atoms with Crippen molar-refractivity contribution in [3.05, 3.63) is 173 Å². The third kappa shape index (κ3) is 16.5. The van der Waals surface area contributed by atoms with Gasteiger partial charge in [-0.05, 0) is 126 Å². The normalized spacial score (nSPS) is 17.2. The van der Waals surface area contributed by atoms with E-state index in [9.17, 15) is 35.1 Å². The first-order chi connectivity index (χ1) is 39.1. The van der Waals surface area contributed by atoms with Crippen molar-refractivity contribution in [2.45, 2.75) is 71.0 Å².